The van der Waals surface area contributed by atoms with Crippen LogP contribution in [0.1, 0.15) is 163 Å². The fraction of sp³-hybridized carbons (Fsp3) is 0.500. The molecule has 0 unspecified atom stereocenters. The minimum absolute atomic E-state index is 0.00535. The Morgan fingerprint density at radius 1 is 0.636 bits per heavy atom. The predicted molar refractivity (Wildman–Crippen MR) is 259 cm³/mol. The number of aromatic amines is 2. The predicted octanol–water partition coefficient (Wildman–Crippen LogP) is 11.4. The lowest BCUT2D eigenvalue weighted by Gasteiger charge is -2.34. The van der Waals surface area contributed by atoms with Crippen molar-refractivity contribution in [2.24, 2.45) is 11.8 Å². The van der Waals surface area contributed by atoms with Crippen molar-refractivity contribution in [1.29, 1.82) is 0 Å². The lowest BCUT2D eigenvalue weighted by atomic mass is 9.84. The number of ether oxygens (including phenoxy) is 1. The number of carbonyl (C=O) groups excluding carboxylic acids is 3. The van der Waals surface area contributed by atoms with Crippen LogP contribution in [-0.2, 0) is 14.3 Å². The Balaban J connectivity index is 0.938. The van der Waals surface area contributed by atoms with Gasteiger partial charge < -0.3 is 34.7 Å². The van der Waals surface area contributed by atoms with Crippen molar-refractivity contribution in [2.45, 2.75) is 141 Å². The first-order valence-electron chi connectivity index (χ1n) is 24.7. The summed E-state index contributed by atoms with van der Waals surface area (Å²) in [6.45, 7) is 9.46. The zero-order valence-corrected chi connectivity index (χ0v) is 39.5. The number of methoxy groups -OCH3 is 1. The Morgan fingerprint density at radius 2 is 1.15 bits per heavy atom. The Bertz CT molecular complexity index is 2430. The van der Waals surface area contributed by atoms with Crippen LogP contribution < -0.4 is 10.2 Å². The van der Waals surface area contributed by atoms with Gasteiger partial charge >= 0.3 is 6.09 Å². The van der Waals surface area contributed by atoms with Crippen LogP contribution in [0.15, 0.2) is 85.2 Å². The van der Waals surface area contributed by atoms with Crippen molar-refractivity contribution in [3.63, 3.8) is 0 Å². The average molecular weight is 893 g/mol. The van der Waals surface area contributed by atoms with Gasteiger partial charge in [-0.05, 0) is 109 Å². The highest BCUT2D eigenvalue weighted by molar-refractivity contribution is 5.86. The number of alkyl carbamates (subject to hydrolysis) is 1. The van der Waals surface area contributed by atoms with Crippen molar-refractivity contribution < 1.29 is 19.1 Å². The molecule has 4 fully saturated rings. The SMILES string of the molecule is COC(=O)N[C@H](C(=O)N1CCC[C@H]1c1ncc(-c2ccc([C@H]3CC[C@H](c4ccc(-c5cnc([C@@H]6CCCN6C(=O)CC(C)C)[nH]5)cc4)N3c3ccc(C4CCCCC4)cc3)cc2)[nH]1)C(C)C. The van der Waals surface area contributed by atoms with Crippen molar-refractivity contribution in [3.05, 3.63) is 114 Å². The number of amides is 3. The van der Waals surface area contributed by atoms with Gasteiger partial charge in [0.15, 0.2) is 0 Å². The Hall–Kier alpha value is -5.91. The van der Waals surface area contributed by atoms with Crippen molar-refractivity contribution in [2.75, 3.05) is 25.1 Å². The topological polar surface area (TPSA) is 140 Å². The highest BCUT2D eigenvalue weighted by atomic mass is 16.5. The molecule has 5 aromatic rings. The molecular weight excluding hydrogens is 825 g/mol. The number of imidazole rings is 2. The van der Waals surface area contributed by atoms with E-state index in [4.69, 9.17) is 14.7 Å². The summed E-state index contributed by atoms with van der Waals surface area (Å²) in [5, 5.41) is 2.74. The molecule has 1 saturated carbocycles. The van der Waals surface area contributed by atoms with Gasteiger partial charge in [-0.25, -0.2) is 14.8 Å². The zero-order valence-electron chi connectivity index (χ0n) is 39.5. The van der Waals surface area contributed by atoms with Crippen LogP contribution in [0, 0.1) is 11.8 Å². The molecule has 5 heterocycles. The van der Waals surface area contributed by atoms with Gasteiger partial charge in [0.1, 0.15) is 17.7 Å². The molecule has 3 amide bonds. The number of hydrogen-bond donors (Lipinski definition) is 3. The molecule has 3 aromatic carbocycles. The summed E-state index contributed by atoms with van der Waals surface area (Å²) in [6.07, 6.45) is 16.0. The van der Waals surface area contributed by atoms with E-state index < -0.39 is 12.1 Å². The first-order valence-corrected chi connectivity index (χ1v) is 24.7. The van der Waals surface area contributed by atoms with Gasteiger partial charge in [0.2, 0.25) is 11.8 Å². The lowest BCUT2D eigenvalue weighted by molar-refractivity contribution is -0.135. The summed E-state index contributed by atoms with van der Waals surface area (Å²) < 4.78 is 4.82. The Labute approximate surface area is 390 Å². The molecule has 348 valence electrons. The molecular formula is C54H68N8O4. The van der Waals surface area contributed by atoms with Crippen LogP contribution in [0.5, 0.6) is 0 Å². The first-order chi connectivity index (χ1) is 32.1. The van der Waals surface area contributed by atoms with Crippen molar-refractivity contribution in [3.8, 4) is 22.5 Å². The molecule has 5 atom stereocenters. The van der Waals surface area contributed by atoms with E-state index in [1.807, 2.05) is 36.0 Å². The number of aromatic nitrogens is 4. The van der Waals surface area contributed by atoms with Crippen LogP contribution in [0.25, 0.3) is 22.5 Å². The number of anilines is 1. The van der Waals surface area contributed by atoms with E-state index in [0.29, 0.717) is 24.8 Å². The van der Waals surface area contributed by atoms with Crippen molar-refractivity contribution in [1.82, 2.24) is 35.1 Å². The van der Waals surface area contributed by atoms with Crippen molar-refractivity contribution >= 4 is 23.6 Å². The number of benzene rings is 3. The summed E-state index contributed by atoms with van der Waals surface area (Å²) >= 11 is 0. The maximum Gasteiger partial charge on any atom is 0.407 e. The van der Waals surface area contributed by atoms with E-state index in [1.54, 1.807) is 0 Å². The van der Waals surface area contributed by atoms with Gasteiger partial charge in [0.25, 0.3) is 0 Å². The van der Waals surface area contributed by atoms with Crippen LogP contribution in [0.2, 0.25) is 0 Å². The number of carbonyl (C=O) groups is 3. The van der Waals surface area contributed by atoms with Crippen LogP contribution in [-0.4, -0.2) is 73.9 Å². The number of rotatable bonds is 13. The van der Waals surface area contributed by atoms with E-state index in [9.17, 15) is 14.4 Å². The third-order valence-electron chi connectivity index (χ3n) is 14.8. The standard InChI is InChI=1S/C54H68N8O4/c1-34(2)31-49(63)60-29-9-13-47(60)51-55-32-43(57-51)38-15-19-40(20-16-38)45-27-28-46(62(45)42-25-23-37(24-26-42)36-11-7-6-8-12-36)41-21-17-39(18-22-41)44-33-56-52(58-44)48-14-10-30-61(48)53(64)50(35(3)4)59-54(65)66-5/h15-26,32-36,45-48,50H,6-14,27-31H2,1-5H3,(H,55,57)(H,56,58)(H,59,65)/t45-,46-,47+,48+,50+/m1/s1. The molecule has 0 bridgehead atoms. The summed E-state index contributed by atoms with van der Waals surface area (Å²) in [5.41, 5.74) is 9.30. The molecule has 0 radical (unpaired) electrons. The number of H-pyrrole nitrogens is 2. The zero-order chi connectivity index (χ0) is 45.9. The van der Waals surface area contributed by atoms with Crippen LogP contribution >= 0.6 is 0 Å². The molecule has 4 aliphatic rings. The van der Waals surface area contributed by atoms with E-state index in [0.717, 1.165) is 79.2 Å². The van der Waals surface area contributed by atoms with Gasteiger partial charge in [-0.15, -0.1) is 0 Å². The molecule has 0 spiro atoms. The van der Waals surface area contributed by atoms with Gasteiger partial charge in [-0.2, -0.15) is 0 Å². The number of nitrogens with zero attached hydrogens (tertiary/aromatic N) is 5. The smallest absolute Gasteiger partial charge is 0.407 e. The molecule has 3 N–H and O–H groups in total. The fourth-order valence-corrected chi connectivity index (χ4v) is 11.3. The summed E-state index contributed by atoms with van der Waals surface area (Å²) in [7, 11) is 1.31. The Kier molecular flexibility index (Phi) is 13.6. The number of hydrogen-bond acceptors (Lipinski definition) is 7. The Morgan fingerprint density at radius 3 is 1.67 bits per heavy atom. The van der Waals surface area contributed by atoms with Gasteiger partial charge in [0.05, 0.1) is 55.1 Å². The van der Waals surface area contributed by atoms with E-state index in [-0.39, 0.29) is 41.9 Å². The second-order valence-electron chi connectivity index (χ2n) is 19.9. The fourth-order valence-electron chi connectivity index (χ4n) is 11.3. The van der Waals surface area contributed by atoms with E-state index in [1.165, 1.54) is 61.6 Å². The monoisotopic (exact) mass is 893 g/mol. The third-order valence-corrected chi connectivity index (χ3v) is 14.8. The lowest BCUT2D eigenvalue weighted by Crippen LogP contribution is -2.51. The highest BCUT2D eigenvalue weighted by Crippen LogP contribution is 2.48. The number of likely N-dealkylation sites (tertiary alicyclic amines) is 2. The second kappa shape index (κ2) is 19.9. The summed E-state index contributed by atoms with van der Waals surface area (Å²) in [6, 6.07) is 26.9. The molecule has 12 heteroatoms. The van der Waals surface area contributed by atoms with Crippen LogP contribution in [0.3, 0.4) is 0 Å². The molecule has 3 saturated heterocycles. The molecule has 66 heavy (non-hydrogen) atoms. The molecule has 12 nitrogen and oxygen atoms in total. The summed E-state index contributed by atoms with van der Waals surface area (Å²) in [5.74, 6) is 2.63. The third kappa shape index (κ3) is 9.51. The van der Waals surface area contributed by atoms with Gasteiger partial charge in [0, 0.05) is 25.2 Å². The second-order valence-corrected chi connectivity index (χ2v) is 19.9. The molecule has 1 aliphatic carbocycles. The average Bonchev–Trinajstić information content (AvgIpc) is 4.20. The molecule has 2 aromatic heterocycles. The molecule has 3 aliphatic heterocycles. The minimum atomic E-state index is -0.679. The molecule has 9 rings (SSSR count). The highest BCUT2D eigenvalue weighted by Gasteiger charge is 2.39. The quantitative estimate of drug-likeness (QED) is 0.107. The van der Waals surface area contributed by atoms with E-state index in [2.05, 4.69) is 107 Å². The van der Waals surface area contributed by atoms with E-state index >= 15 is 0 Å². The van der Waals surface area contributed by atoms with Crippen LogP contribution in [0.4, 0.5) is 10.5 Å². The summed E-state index contributed by atoms with van der Waals surface area (Å²) in [4.78, 5) is 62.2. The normalized spacial score (nSPS) is 21.8. The maximum absolute atomic E-state index is 13.8. The van der Waals surface area contributed by atoms with Gasteiger partial charge in [-0.3, -0.25) is 9.59 Å². The minimum Gasteiger partial charge on any atom is -0.453 e. The van der Waals surface area contributed by atoms with Gasteiger partial charge in [-0.1, -0.05) is 108 Å². The largest absolute Gasteiger partial charge is 0.453 e. The first kappa shape index (κ1) is 45.3. The number of nitrogens with one attached hydrogen (secondary N) is 3. The maximum atomic E-state index is 13.8.